The Morgan fingerprint density at radius 2 is 1.64 bits per heavy atom. The zero-order chi connectivity index (χ0) is 11.1. The maximum absolute atomic E-state index is 5.73. The first-order valence-electron chi connectivity index (χ1n) is 3.33. The second kappa shape index (κ2) is 4.11. The molecule has 0 aliphatic carbocycles. The number of hydrogen-bond donors (Lipinski definition) is 0. The molecule has 0 saturated heterocycles. The molecule has 0 radical (unpaired) electrons. The molecule has 0 fully saturated rings. The van der Waals surface area contributed by atoms with Crippen LogP contribution in [-0.4, -0.2) is 37.2 Å². The SMILES string of the molecule is CN1N=CN(C(Cl)(Cl)Cl)C1C(Cl)(Cl)Cl. The molecular formula is C5H5Cl6N3. The number of rotatable bonds is 0. The molecule has 1 aliphatic rings. The van der Waals surface area contributed by atoms with Gasteiger partial charge in [-0.25, -0.2) is 0 Å². The van der Waals surface area contributed by atoms with E-state index in [1.807, 2.05) is 0 Å². The van der Waals surface area contributed by atoms with Crippen LogP contribution in [0.5, 0.6) is 0 Å². The van der Waals surface area contributed by atoms with Gasteiger partial charge in [0.1, 0.15) is 6.34 Å². The molecule has 0 saturated carbocycles. The Morgan fingerprint density at radius 1 is 1.14 bits per heavy atom. The van der Waals surface area contributed by atoms with E-state index in [4.69, 9.17) is 69.6 Å². The van der Waals surface area contributed by atoms with Crippen LogP contribution in [0.3, 0.4) is 0 Å². The lowest BCUT2D eigenvalue weighted by Gasteiger charge is -2.36. The van der Waals surface area contributed by atoms with Gasteiger partial charge in [-0.3, -0.25) is 9.91 Å². The Hall–Kier alpha value is 1.01. The van der Waals surface area contributed by atoms with Gasteiger partial charge < -0.3 is 0 Å². The van der Waals surface area contributed by atoms with Gasteiger partial charge in [0, 0.05) is 7.05 Å². The van der Waals surface area contributed by atoms with Crippen molar-refractivity contribution in [2.45, 2.75) is 13.9 Å². The quantitative estimate of drug-likeness (QED) is 0.504. The van der Waals surface area contributed by atoms with Crippen molar-refractivity contribution in [3.63, 3.8) is 0 Å². The van der Waals surface area contributed by atoms with E-state index >= 15 is 0 Å². The van der Waals surface area contributed by atoms with E-state index in [1.54, 1.807) is 7.05 Å². The number of alkyl halides is 6. The molecule has 9 heteroatoms. The van der Waals surface area contributed by atoms with Crippen LogP contribution < -0.4 is 0 Å². The maximum Gasteiger partial charge on any atom is 0.270 e. The molecule has 0 aromatic carbocycles. The van der Waals surface area contributed by atoms with Gasteiger partial charge in [-0.1, -0.05) is 69.6 Å². The fraction of sp³-hybridized carbons (Fsp3) is 0.800. The molecule has 1 unspecified atom stereocenters. The van der Waals surface area contributed by atoms with Gasteiger partial charge in [-0.2, -0.15) is 5.10 Å². The summed E-state index contributed by atoms with van der Waals surface area (Å²) in [6, 6.07) is 0. The van der Waals surface area contributed by atoms with Crippen LogP contribution in [0.1, 0.15) is 0 Å². The summed E-state index contributed by atoms with van der Waals surface area (Å²) >= 11 is 34.2. The number of nitrogens with zero attached hydrogens (tertiary/aromatic N) is 3. The smallest absolute Gasteiger partial charge is 0.270 e. The topological polar surface area (TPSA) is 18.8 Å². The molecule has 0 aromatic heterocycles. The van der Waals surface area contributed by atoms with Crippen LogP contribution in [0.4, 0.5) is 0 Å². The van der Waals surface area contributed by atoms with E-state index < -0.39 is 13.9 Å². The summed E-state index contributed by atoms with van der Waals surface area (Å²) in [5, 5.41) is 5.26. The van der Waals surface area contributed by atoms with Crippen LogP contribution >= 0.6 is 69.6 Å². The second-order valence-corrected chi connectivity index (χ2v) is 7.19. The van der Waals surface area contributed by atoms with Gasteiger partial charge in [0.2, 0.25) is 3.79 Å². The summed E-state index contributed by atoms with van der Waals surface area (Å²) < 4.78 is -3.34. The summed E-state index contributed by atoms with van der Waals surface area (Å²) in [7, 11) is 1.61. The molecule has 0 aromatic rings. The third kappa shape index (κ3) is 2.77. The highest BCUT2D eigenvalue weighted by molar-refractivity contribution is 6.69. The summed E-state index contributed by atoms with van der Waals surface area (Å²) in [6.45, 7) is 0. The van der Waals surface area contributed by atoms with Gasteiger partial charge in [0.15, 0.2) is 6.17 Å². The molecule has 14 heavy (non-hydrogen) atoms. The number of hydrogen-bond acceptors (Lipinski definition) is 3. The Labute approximate surface area is 111 Å². The predicted molar refractivity (Wildman–Crippen MR) is 62.5 cm³/mol. The van der Waals surface area contributed by atoms with Gasteiger partial charge in [-0.15, -0.1) is 0 Å². The van der Waals surface area contributed by atoms with Crippen molar-refractivity contribution in [3.8, 4) is 0 Å². The lowest BCUT2D eigenvalue weighted by atomic mass is 10.5. The Kier molecular flexibility index (Phi) is 3.84. The van der Waals surface area contributed by atoms with Crippen molar-refractivity contribution in [2.75, 3.05) is 7.05 Å². The Bertz CT molecular complexity index is 243. The minimum absolute atomic E-state index is 0.750. The molecular weight excluding hydrogens is 315 g/mol. The van der Waals surface area contributed by atoms with Crippen LogP contribution in [-0.2, 0) is 0 Å². The molecule has 1 rings (SSSR count). The van der Waals surface area contributed by atoms with Crippen molar-refractivity contribution in [3.05, 3.63) is 0 Å². The minimum Gasteiger partial charge on any atom is -0.290 e. The van der Waals surface area contributed by atoms with Crippen LogP contribution in [0.15, 0.2) is 5.10 Å². The normalized spacial score (nSPS) is 23.5. The van der Waals surface area contributed by atoms with Gasteiger partial charge >= 0.3 is 0 Å². The number of hydrazone groups is 1. The summed E-state index contributed by atoms with van der Waals surface area (Å²) in [5.41, 5.74) is 0. The highest BCUT2D eigenvalue weighted by atomic mass is 35.6. The lowest BCUT2D eigenvalue weighted by Crippen LogP contribution is -2.51. The molecule has 1 atom stereocenters. The summed E-state index contributed by atoms with van der Waals surface area (Å²) in [6.07, 6.45) is 0.555. The molecule has 82 valence electrons. The van der Waals surface area contributed by atoms with Crippen LogP contribution in [0.2, 0.25) is 0 Å². The van der Waals surface area contributed by atoms with Crippen molar-refractivity contribution >= 4 is 75.9 Å². The third-order valence-corrected chi connectivity index (χ3v) is 2.73. The van der Waals surface area contributed by atoms with Gasteiger partial charge in [0.05, 0.1) is 0 Å². The second-order valence-electron chi connectivity index (χ2n) is 2.59. The Morgan fingerprint density at radius 3 is 1.93 bits per heavy atom. The van der Waals surface area contributed by atoms with Crippen molar-refractivity contribution in [1.29, 1.82) is 0 Å². The highest BCUT2D eigenvalue weighted by Crippen LogP contribution is 2.43. The average molecular weight is 320 g/mol. The van der Waals surface area contributed by atoms with E-state index in [0.29, 0.717) is 0 Å². The lowest BCUT2D eigenvalue weighted by molar-refractivity contribution is 0.163. The zero-order valence-electron chi connectivity index (χ0n) is 6.76. The summed E-state index contributed by atoms with van der Waals surface area (Å²) in [4.78, 5) is 1.23. The summed E-state index contributed by atoms with van der Waals surface area (Å²) in [5.74, 6) is 0. The standard InChI is InChI=1S/C5H5Cl6N3/c1-13-3(4(6,7)8)14(2-12-13)5(9,10)11/h2-3H,1H3. The molecule has 0 N–H and O–H groups in total. The average Bonchev–Trinajstić information content (AvgIpc) is 2.27. The molecule has 0 spiro atoms. The minimum atomic E-state index is -1.71. The van der Waals surface area contributed by atoms with Crippen molar-refractivity contribution in [2.24, 2.45) is 5.10 Å². The fourth-order valence-corrected chi connectivity index (χ4v) is 2.16. The third-order valence-electron chi connectivity index (χ3n) is 1.56. The first-order chi connectivity index (χ1) is 6.14. The monoisotopic (exact) mass is 317 g/mol. The van der Waals surface area contributed by atoms with E-state index in [2.05, 4.69) is 5.10 Å². The first-order valence-corrected chi connectivity index (χ1v) is 5.59. The van der Waals surface area contributed by atoms with E-state index in [-0.39, 0.29) is 0 Å². The Balaban J connectivity index is 2.93. The number of halogens is 6. The van der Waals surface area contributed by atoms with Crippen LogP contribution in [0.25, 0.3) is 0 Å². The van der Waals surface area contributed by atoms with Crippen LogP contribution in [0, 0.1) is 0 Å². The predicted octanol–water partition coefficient (Wildman–Crippen LogP) is 3.20. The first kappa shape index (κ1) is 13.1. The molecule has 1 heterocycles. The fourth-order valence-electron chi connectivity index (χ4n) is 1.02. The van der Waals surface area contributed by atoms with Crippen molar-refractivity contribution < 1.29 is 0 Å². The molecule has 1 aliphatic heterocycles. The van der Waals surface area contributed by atoms with Gasteiger partial charge in [0.25, 0.3) is 3.92 Å². The van der Waals surface area contributed by atoms with E-state index in [1.165, 1.54) is 16.2 Å². The molecule has 3 nitrogen and oxygen atoms in total. The molecule has 0 bridgehead atoms. The van der Waals surface area contributed by atoms with E-state index in [0.717, 1.165) is 0 Å². The van der Waals surface area contributed by atoms with Crippen molar-refractivity contribution in [1.82, 2.24) is 9.91 Å². The molecule has 0 amide bonds. The maximum atomic E-state index is 5.73. The van der Waals surface area contributed by atoms with E-state index in [9.17, 15) is 0 Å². The zero-order valence-corrected chi connectivity index (χ0v) is 11.3. The van der Waals surface area contributed by atoms with Gasteiger partial charge in [-0.05, 0) is 0 Å². The largest absolute Gasteiger partial charge is 0.290 e. The highest BCUT2D eigenvalue weighted by Gasteiger charge is 2.48.